The van der Waals surface area contributed by atoms with E-state index in [4.69, 9.17) is 9.47 Å². The third-order valence-electron chi connectivity index (χ3n) is 6.19. The Hall–Kier alpha value is -3.26. The lowest BCUT2D eigenvalue weighted by Gasteiger charge is -2.19. The standard InChI is InChI=1S/C26H29NO6S/c1-4-5-7-19-22(23-20(32-2)8-6-9-21(23)33-3)24(28)25(26(29)27-19)34(30,31)18-14-12-17(13-15-18)16-10-11-16/h6,8-9,12-16H,4-5,7,10-11H2,1-3H3,(H2,27,28,29). The van der Waals surface area contributed by atoms with Gasteiger partial charge < -0.3 is 19.6 Å². The van der Waals surface area contributed by atoms with E-state index in [9.17, 15) is 18.3 Å². The number of pyridine rings is 1. The van der Waals surface area contributed by atoms with Crippen LogP contribution in [-0.2, 0) is 16.3 Å². The Morgan fingerprint density at radius 3 is 2.15 bits per heavy atom. The first-order valence-corrected chi connectivity index (χ1v) is 12.9. The zero-order valence-corrected chi connectivity index (χ0v) is 20.4. The summed E-state index contributed by atoms with van der Waals surface area (Å²) in [6.45, 7) is 2.01. The fraction of sp³-hybridized carbons (Fsp3) is 0.346. The molecule has 1 heterocycles. The molecule has 0 amide bonds. The van der Waals surface area contributed by atoms with Crippen molar-refractivity contribution < 1.29 is 23.0 Å². The Kier molecular flexibility index (Phi) is 6.70. The number of H-pyrrole nitrogens is 1. The molecule has 0 radical (unpaired) electrons. The predicted octanol–water partition coefficient (Wildman–Crippen LogP) is 4.82. The summed E-state index contributed by atoms with van der Waals surface area (Å²) in [7, 11) is -1.35. The van der Waals surface area contributed by atoms with Gasteiger partial charge in [-0.15, -0.1) is 0 Å². The van der Waals surface area contributed by atoms with Crippen molar-refractivity contribution in [2.24, 2.45) is 0 Å². The first-order chi connectivity index (χ1) is 16.3. The van der Waals surface area contributed by atoms with Crippen LogP contribution in [0.25, 0.3) is 11.1 Å². The lowest BCUT2D eigenvalue weighted by Crippen LogP contribution is -2.21. The van der Waals surface area contributed by atoms with Crippen molar-refractivity contribution in [2.45, 2.75) is 54.7 Å². The van der Waals surface area contributed by atoms with Crippen LogP contribution in [0.2, 0.25) is 0 Å². The molecule has 2 N–H and O–H groups in total. The molecule has 0 aliphatic heterocycles. The second-order valence-corrected chi connectivity index (χ2v) is 10.4. The van der Waals surface area contributed by atoms with E-state index in [1.807, 2.05) is 6.92 Å². The molecular formula is C26H29NO6S. The highest BCUT2D eigenvalue weighted by Crippen LogP contribution is 2.46. The van der Waals surface area contributed by atoms with Crippen molar-refractivity contribution in [3.8, 4) is 28.4 Å². The largest absolute Gasteiger partial charge is 0.506 e. The summed E-state index contributed by atoms with van der Waals surface area (Å²) in [5, 5.41) is 11.4. The van der Waals surface area contributed by atoms with Gasteiger partial charge in [0.05, 0.1) is 30.2 Å². The minimum absolute atomic E-state index is 0.0445. The van der Waals surface area contributed by atoms with Crippen molar-refractivity contribution in [1.29, 1.82) is 0 Å². The van der Waals surface area contributed by atoms with E-state index >= 15 is 0 Å². The molecule has 1 saturated carbocycles. The lowest BCUT2D eigenvalue weighted by atomic mass is 9.98. The van der Waals surface area contributed by atoms with Crippen molar-refractivity contribution in [3.63, 3.8) is 0 Å². The minimum Gasteiger partial charge on any atom is -0.506 e. The van der Waals surface area contributed by atoms with Crippen molar-refractivity contribution >= 4 is 9.84 Å². The Bertz CT molecular complexity index is 1330. The Morgan fingerprint density at radius 1 is 1.00 bits per heavy atom. The smallest absolute Gasteiger partial charge is 0.271 e. The normalized spacial score (nSPS) is 13.6. The van der Waals surface area contributed by atoms with Gasteiger partial charge in [-0.25, -0.2) is 8.42 Å². The molecule has 7 nitrogen and oxygen atoms in total. The van der Waals surface area contributed by atoms with Gasteiger partial charge in [0.25, 0.3) is 5.56 Å². The van der Waals surface area contributed by atoms with Crippen molar-refractivity contribution in [1.82, 2.24) is 4.98 Å². The van der Waals surface area contributed by atoms with E-state index in [0.717, 1.165) is 31.2 Å². The van der Waals surface area contributed by atoms with Crippen molar-refractivity contribution in [2.75, 3.05) is 14.2 Å². The van der Waals surface area contributed by atoms with Gasteiger partial charge in [0.1, 0.15) is 17.2 Å². The molecule has 1 fully saturated rings. The first kappa shape index (κ1) is 23.9. The molecule has 180 valence electrons. The van der Waals surface area contributed by atoms with Gasteiger partial charge in [-0.3, -0.25) is 4.79 Å². The number of rotatable bonds is 9. The number of hydrogen-bond donors (Lipinski definition) is 2. The SMILES string of the molecule is CCCCc1[nH]c(=O)c(S(=O)(=O)c2ccc(C3CC3)cc2)c(O)c1-c1c(OC)cccc1OC. The van der Waals surface area contributed by atoms with Gasteiger partial charge in [0.2, 0.25) is 9.84 Å². The maximum Gasteiger partial charge on any atom is 0.271 e. The molecule has 2 aromatic carbocycles. The highest BCUT2D eigenvalue weighted by atomic mass is 32.2. The fourth-order valence-corrected chi connectivity index (χ4v) is 5.61. The summed E-state index contributed by atoms with van der Waals surface area (Å²) in [6.07, 6.45) is 4.20. The lowest BCUT2D eigenvalue weighted by molar-refractivity contribution is 0.395. The number of nitrogens with one attached hydrogen (secondary N) is 1. The summed E-state index contributed by atoms with van der Waals surface area (Å²) >= 11 is 0. The zero-order chi connectivity index (χ0) is 24.5. The number of unbranched alkanes of at least 4 members (excludes halogenated alkanes) is 1. The molecule has 34 heavy (non-hydrogen) atoms. The van der Waals surface area contributed by atoms with Crippen LogP contribution in [0.1, 0.15) is 49.8 Å². The van der Waals surface area contributed by atoms with Gasteiger partial charge >= 0.3 is 0 Å². The highest BCUT2D eigenvalue weighted by molar-refractivity contribution is 7.91. The number of ether oxygens (including phenoxy) is 2. The van der Waals surface area contributed by atoms with E-state index in [0.29, 0.717) is 35.1 Å². The summed E-state index contributed by atoms with van der Waals surface area (Å²) in [5.74, 6) is 0.633. The van der Waals surface area contributed by atoms with E-state index in [1.165, 1.54) is 26.4 Å². The number of sulfone groups is 1. The molecular weight excluding hydrogens is 454 g/mol. The first-order valence-electron chi connectivity index (χ1n) is 11.4. The summed E-state index contributed by atoms with van der Waals surface area (Å²) in [6, 6.07) is 11.7. The van der Waals surface area contributed by atoms with Crippen molar-refractivity contribution in [3.05, 3.63) is 64.1 Å². The quantitative estimate of drug-likeness (QED) is 0.452. The number of aromatic nitrogens is 1. The van der Waals surface area contributed by atoms with Gasteiger partial charge in [-0.1, -0.05) is 31.5 Å². The van der Waals surface area contributed by atoms with Gasteiger partial charge in [-0.05, 0) is 61.4 Å². The molecule has 0 saturated heterocycles. The van der Waals surface area contributed by atoms with E-state index in [-0.39, 0.29) is 10.5 Å². The van der Waals surface area contributed by atoms with Gasteiger partial charge in [0.15, 0.2) is 4.90 Å². The number of aryl methyl sites for hydroxylation is 1. The predicted molar refractivity (Wildman–Crippen MR) is 130 cm³/mol. The molecule has 1 aliphatic carbocycles. The second-order valence-electron chi connectivity index (χ2n) is 8.47. The van der Waals surface area contributed by atoms with E-state index in [1.54, 1.807) is 30.3 Å². The minimum atomic E-state index is -4.30. The molecule has 4 rings (SSSR count). The Morgan fingerprint density at radius 2 is 1.62 bits per heavy atom. The van der Waals surface area contributed by atoms with Crippen LogP contribution in [0.5, 0.6) is 17.2 Å². The molecule has 0 atom stereocenters. The second kappa shape index (κ2) is 9.54. The Labute approximate surface area is 199 Å². The third kappa shape index (κ3) is 4.30. The maximum absolute atomic E-state index is 13.5. The number of hydrogen-bond acceptors (Lipinski definition) is 6. The monoisotopic (exact) mass is 483 g/mol. The van der Waals surface area contributed by atoms with Crippen LogP contribution < -0.4 is 15.0 Å². The molecule has 0 spiro atoms. The molecule has 0 bridgehead atoms. The summed E-state index contributed by atoms with van der Waals surface area (Å²) in [5.41, 5.74) is 1.22. The summed E-state index contributed by atoms with van der Waals surface area (Å²) < 4.78 is 38.1. The van der Waals surface area contributed by atoms with Crippen LogP contribution in [0.3, 0.4) is 0 Å². The van der Waals surface area contributed by atoms with Gasteiger partial charge in [-0.2, -0.15) is 0 Å². The van der Waals surface area contributed by atoms with Crippen LogP contribution in [0, 0.1) is 0 Å². The highest BCUT2D eigenvalue weighted by Gasteiger charge is 2.32. The third-order valence-corrected chi connectivity index (χ3v) is 8.00. The van der Waals surface area contributed by atoms with E-state index in [2.05, 4.69) is 4.98 Å². The number of methoxy groups -OCH3 is 2. The summed E-state index contributed by atoms with van der Waals surface area (Å²) in [4.78, 5) is 15.1. The molecule has 3 aromatic rings. The fourth-order valence-electron chi connectivity index (χ4n) is 4.23. The number of aromatic hydroxyl groups is 1. The molecule has 0 unspecified atom stereocenters. The average Bonchev–Trinajstić information content (AvgIpc) is 3.68. The average molecular weight is 484 g/mol. The van der Waals surface area contributed by atoms with Crippen LogP contribution in [-0.4, -0.2) is 32.7 Å². The molecule has 1 aromatic heterocycles. The molecule has 1 aliphatic rings. The van der Waals surface area contributed by atoms with Crippen LogP contribution in [0.15, 0.2) is 57.1 Å². The number of benzene rings is 2. The van der Waals surface area contributed by atoms with E-state index < -0.39 is 26.0 Å². The topological polar surface area (TPSA) is 106 Å². The maximum atomic E-state index is 13.5. The number of aromatic amines is 1. The van der Waals surface area contributed by atoms with Crippen LogP contribution >= 0.6 is 0 Å². The Balaban J connectivity index is 1.97. The zero-order valence-electron chi connectivity index (χ0n) is 19.6. The van der Waals surface area contributed by atoms with Crippen LogP contribution in [0.4, 0.5) is 0 Å². The van der Waals surface area contributed by atoms with Gasteiger partial charge in [0, 0.05) is 5.69 Å². The molecule has 8 heteroatoms.